The quantitative estimate of drug-likeness (QED) is 0.215. The number of aromatic nitrogens is 2. The molecule has 4 rings (SSSR count). The lowest BCUT2D eigenvalue weighted by molar-refractivity contribution is 0.0169. The summed E-state index contributed by atoms with van der Waals surface area (Å²) in [4.78, 5) is 21.9. The first-order valence-electron chi connectivity index (χ1n) is 8.20. The molecule has 3 aromatic heterocycles. The summed E-state index contributed by atoms with van der Waals surface area (Å²) < 4.78 is 22.3. The molecule has 1 amide bonds. The van der Waals surface area contributed by atoms with E-state index in [9.17, 15) is 9.18 Å². The zero-order chi connectivity index (χ0) is 19.7. The number of imidazole rings is 1. The molecule has 0 fully saturated rings. The van der Waals surface area contributed by atoms with Gasteiger partial charge in [0, 0.05) is 8.96 Å². The van der Waals surface area contributed by atoms with Gasteiger partial charge in [0.15, 0.2) is 5.58 Å². The van der Waals surface area contributed by atoms with Crippen LogP contribution in [0.4, 0.5) is 15.9 Å². The maximum Gasteiger partial charge on any atom is 0.282 e. The molecule has 10 heteroatoms. The summed E-state index contributed by atoms with van der Waals surface area (Å²) in [6.07, 6.45) is 4.59. The molecular formula is C18H14FIN4O4. The molecule has 0 aliphatic carbocycles. The number of anilines is 2. The second-order valence-electron chi connectivity index (χ2n) is 5.79. The highest BCUT2D eigenvalue weighted by atomic mass is 127. The van der Waals surface area contributed by atoms with Crippen molar-refractivity contribution in [2.45, 2.75) is 0 Å². The summed E-state index contributed by atoms with van der Waals surface area (Å²) in [5, 5.41) is 12.5. The Balaban J connectivity index is 1.89. The van der Waals surface area contributed by atoms with E-state index in [-0.39, 0.29) is 30.3 Å². The van der Waals surface area contributed by atoms with Gasteiger partial charge in [0.2, 0.25) is 0 Å². The van der Waals surface area contributed by atoms with Crippen LogP contribution in [0.3, 0.4) is 0 Å². The standard InChI is InChI=1S/C18H14FIN4O4/c19-12-7-10(20)1-2-13(12)22-17-15(18(26)23-28-6-4-25)16-11(3-5-27-16)14-8-21-9-24(14)17/h1-3,5,7-9,22,25H,4,6H2,(H,23,26). The van der Waals surface area contributed by atoms with Gasteiger partial charge in [0.05, 0.1) is 36.9 Å². The number of carbonyl (C=O) groups excluding carboxylic acids is 1. The molecule has 0 saturated carbocycles. The number of benzene rings is 1. The number of nitrogens with zero attached hydrogens (tertiary/aromatic N) is 2. The van der Waals surface area contributed by atoms with Crippen LogP contribution in [0.25, 0.3) is 16.5 Å². The number of rotatable bonds is 6. The first-order chi connectivity index (χ1) is 13.6. The van der Waals surface area contributed by atoms with E-state index in [2.05, 4.69) is 15.8 Å². The maximum absolute atomic E-state index is 14.4. The molecule has 8 nitrogen and oxygen atoms in total. The third-order valence-corrected chi connectivity index (χ3v) is 4.72. The Kier molecular flexibility index (Phi) is 5.15. The molecule has 0 spiro atoms. The first-order valence-corrected chi connectivity index (χ1v) is 9.28. The fourth-order valence-corrected chi connectivity index (χ4v) is 3.32. The van der Waals surface area contributed by atoms with Crippen molar-refractivity contribution < 1.29 is 23.5 Å². The highest BCUT2D eigenvalue weighted by molar-refractivity contribution is 14.1. The smallest absolute Gasteiger partial charge is 0.282 e. The van der Waals surface area contributed by atoms with E-state index in [4.69, 9.17) is 14.4 Å². The van der Waals surface area contributed by atoms with E-state index in [1.54, 1.807) is 28.8 Å². The molecule has 0 aliphatic rings. The van der Waals surface area contributed by atoms with Crippen molar-refractivity contribution in [1.29, 1.82) is 0 Å². The average molecular weight is 496 g/mol. The minimum absolute atomic E-state index is 0.0745. The van der Waals surface area contributed by atoms with E-state index >= 15 is 0 Å². The first kappa shape index (κ1) is 18.7. The topological polar surface area (TPSA) is 101 Å². The van der Waals surface area contributed by atoms with E-state index in [1.165, 1.54) is 18.7 Å². The van der Waals surface area contributed by atoms with Crippen molar-refractivity contribution in [2.24, 2.45) is 0 Å². The number of pyridine rings is 1. The Morgan fingerprint density at radius 3 is 3.04 bits per heavy atom. The number of hydrogen-bond donors (Lipinski definition) is 3. The summed E-state index contributed by atoms with van der Waals surface area (Å²) in [7, 11) is 0. The number of halogens is 2. The molecule has 144 valence electrons. The average Bonchev–Trinajstić information content (AvgIpc) is 3.32. The van der Waals surface area contributed by atoms with Crippen LogP contribution in [0.5, 0.6) is 0 Å². The van der Waals surface area contributed by atoms with E-state index < -0.39 is 11.7 Å². The third-order valence-electron chi connectivity index (χ3n) is 4.05. The van der Waals surface area contributed by atoms with Gasteiger partial charge in [0.25, 0.3) is 5.91 Å². The van der Waals surface area contributed by atoms with Gasteiger partial charge in [-0.15, -0.1) is 0 Å². The number of nitrogens with one attached hydrogen (secondary N) is 2. The van der Waals surface area contributed by atoms with Crippen molar-refractivity contribution in [3.63, 3.8) is 0 Å². The van der Waals surface area contributed by atoms with Crippen LogP contribution >= 0.6 is 22.6 Å². The lowest BCUT2D eigenvalue weighted by Crippen LogP contribution is -2.26. The summed E-state index contributed by atoms with van der Waals surface area (Å²) in [6, 6.07) is 6.42. The summed E-state index contributed by atoms with van der Waals surface area (Å²) in [5.41, 5.74) is 3.54. The molecule has 3 N–H and O–H groups in total. The van der Waals surface area contributed by atoms with E-state index in [0.29, 0.717) is 16.5 Å². The van der Waals surface area contributed by atoms with Crippen LogP contribution in [0.15, 0.2) is 47.5 Å². The lowest BCUT2D eigenvalue weighted by Gasteiger charge is -2.16. The predicted octanol–water partition coefficient (Wildman–Crippen LogP) is 3.22. The van der Waals surface area contributed by atoms with E-state index in [1.807, 2.05) is 22.6 Å². The fourth-order valence-electron chi connectivity index (χ4n) is 2.87. The number of fused-ring (bicyclic) bond motifs is 3. The second-order valence-corrected chi connectivity index (χ2v) is 7.03. The molecule has 3 heterocycles. The van der Waals surface area contributed by atoms with Gasteiger partial charge in [0.1, 0.15) is 23.5 Å². The van der Waals surface area contributed by atoms with Gasteiger partial charge in [-0.2, -0.15) is 0 Å². The number of carbonyl (C=O) groups is 1. The van der Waals surface area contributed by atoms with Gasteiger partial charge < -0.3 is 14.8 Å². The Bertz CT molecular complexity index is 1170. The molecule has 4 aromatic rings. The second kappa shape index (κ2) is 7.73. The van der Waals surface area contributed by atoms with Crippen molar-refractivity contribution in [2.75, 3.05) is 18.5 Å². The lowest BCUT2D eigenvalue weighted by atomic mass is 10.1. The molecule has 28 heavy (non-hydrogen) atoms. The molecule has 0 aliphatic heterocycles. The number of hydroxylamine groups is 1. The number of amides is 1. The van der Waals surface area contributed by atoms with Gasteiger partial charge >= 0.3 is 0 Å². The molecule has 0 bridgehead atoms. The fraction of sp³-hybridized carbons (Fsp3) is 0.111. The molecule has 0 atom stereocenters. The molecule has 0 unspecified atom stereocenters. The van der Waals surface area contributed by atoms with Crippen molar-refractivity contribution in [3.05, 3.63) is 58.0 Å². The summed E-state index contributed by atoms with van der Waals surface area (Å²) in [5.74, 6) is -0.819. The zero-order valence-corrected chi connectivity index (χ0v) is 16.4. The number of furan rings is 1. The van der Waals surface area contributed by atoms with Crippen LogP contribution < -0.4 is 10.8 Å². The van der Waals surface area contributed by atoms with Crippen molar-refractivity contribution in [3.8, 4) is 0 Å². The van der Waals surface area contributed by atoms with Crippen LogP contribution in [-0.2, 0) is 4.84 Å². The normalized spacial score (nSPS) is 11.2. The molecule has 1 aromatic carbocycles. The van der Waals surface area contributed by atoms with Gasteiger partial charge in [-0.25, -0.2) is 14.9 Å². The number of aliphatic hydroxyl groups excluding tert-OH is 1. The van der Waals surface area contributed by atoms with Crippen LogP contribution in [0.2, 0.25) is 0 Å². The maximum atomic E-state index is 14.4. The van der Waals surface area contributed by atoms with Crippen LogP contribution in [0, 0.1) is 9.39 Å². The monoisotopic (exact) mass is 496 g/mol. The predicted molar refractivity (Wildman–Crippen MR) is 108 cm³/mol. The highest BCUT2D eigenvalue weighted by Gasteiger charge is 2.24. The zero-order valence-electron chi connectivity index (χ0n) is 14.3. The SMILES string of the molecule is O=C(NOCCO)c1c(Nc2ccc(I)cc2F)n2cncc2c2ccoc12. The number of hydrogen-bond acceptors (Lipinski definition) is 6. The Morgan fingerprint density at radius 2 is 2.25 bits per heavy atom. The highest BCUT2D eigenvalue weighted by Crippen LogP contribution is 2.33. The van der Waals surface area contributed by atoms with E-state index in [0.717, 1.165) is 3.57 Å². The molecular weight excluding hydrogens is 482 g/mol. The Hall–Kier alpha value is -2.70. The van der Waals surface area contributed by atoms with Crippen LogP contribution in [0.1, 0.15) is 10.4 Å². The Morgan fingerprint density at radius 1 is 1.39 bits per heavy atom. The molecule has 0 saturated heterocycles. The van der Waals surface area contributed by atoms with Gasteiger partial charge in [-0.1, -0.05) is 0 Å². The van der Waals surface area contributed by atoms with Crippen molar-refractivity contribution in [1.82, 2.24) is 14.9 Å². The van der Waals surface area contributed by atoms with Gasteiger partial charge in [-0.05, 0) is 46.9 Å². The number of aliphatic hydroxyl groups is 1. The summed E-state index contributed by atoms with van der Waals surface area (Å²) >= 11 is 2.01. The minimum Gasteiger partial charge on any atom is -0.463 e. The summed E-state index contributed by atoms with van der Waals surface area (Å²) in [6.45, 7) is -0.329. The minimum atomic E-state index is -0.614. The largest absolute Gasteiger partial charge is 0.463 e. The van der Waals surface area contributed by atoms with Crippen molar-refractivity contribution >= 4 is 56.5 Å². The molecule has 0 radical (unpaired) electrons. The third kappa shape index (κ3) is 3.30. The Labute approximate surface area is 171 Å². The van der Waals surface area contributed by atoms with Gasteiger partial charge in [-0.3, -0.25) is 14.0 Å². The van der Waals surface area contributed by atoms with Crippen LogP contribution in [-0.4, -0.2) is 33.6 Å².